The Hall–Kier alpha value is -7.48. The SMILES string of the molecule is c1ccc(-c2ccccc2-c2c(-c3ccccc3)cccc2N(c2ccc(-c3cc4ccccc4c4ccccc34)cc2)c2ccccc2-c2ccccc2)cc1. The van der Waals surface area contributed by atoms with Crippen molar-refractivity contribution in [2.75, 3.05) is 4.90 Å². The van der Waals surface area contributed by atoms with E-state index in [0.717, 1.165) is 22.6 Å². The van der Waals surface area contributed by atoms with Gasteiger partial charge in [0.1, 0.15) is 0 Å². The van der Waals surface area contributed by atoms with Crippen LogP contribution in [0.2, 0.25) is 0 Å². The fraction of sp³-hybridized carbons (Fsp3) is 0. The van der Waals surface area contributed by atoms with Gasteiger partial charge in [0, 0.05) is 16.8 Å². The van der Waals surface area contributed by atoms with Crippen molar-refractivity contribution in [2.24, 2.45) is 0 Å². The summed E-state index contributed by atoms with van der Waals surface area (Å²) in [6, 6.07) is 85.7. The number of benzene rings is 10. The Bertz CT molecular complexity index is 2990. The van der Waals surface area contributed by atoms with Crippen LogP contribution in [0.15, 0.2) is 237 Å². The molecule has 0 N–H and O–H groups in total. The molecule has 268 valence electrons. The highest BCUT2D eigenvalue weighted by atomic mass is 15.1. The number of anilines is 3. The van der Waals surface area contributed by atoms with Gasteiger partial charge in [-0.05, 0) is 96.4 Å². The summed E-state index contributed by atoms with van der Waals surface area (Å²) in [5.41, 5.74) is 15.1. The average Bonchev–Trinajstić information content (AvgIpc) is 3.30. The third-order valence-electron chi connectivity index (χ3n) is 11.1. The van der Waals surface area contributed by atoms with Crippen LogP contribution in [-0.4, -0.2) is 0 Å². The summed E-state index contributed by atoms with van der Waals surface area (Å²) >= 11 is 0. The minimum atomic E-state index is 1.08. The molecule has 0 amide bonds. The third-order valence-corrected chi connectivity index (χ3v) is 11.1. The van der Waals surface area contributed by atoms with Gasteiger partial charge in [0.05, 0.1) is 11.4 Å². The van der Waals surface area contributed by atoms with Crippen LogP contribution >= 0.6 is 0 Å². The van der Waals surface area contributed by atoms with Crippen LogP contribution < -0.4 is 4.90 Å². The van der Waals surface area contributed by atoms with E-state index in [2.05, 4.69) is 241 Å². The molecule has 0 aliphatic carbocycles. The second-order valence-electron chi connectivity index (χ2n) is 14.4. The van der Waals surface area contributed by atoms with Gasteiger partial charge >= 0.3 is 0 Å². The molecular weight excluding hydrogens is 687 g/mol. The first kappa shape index (κ1) is 34.0. The summed E-state index contributed by atoms with van der Waals surface area (Å²) in [6.45, 7) is 0. The molecule has 57 heavy (non-hydrogen) atoms. The second kappa shape index (κ2) is 15.0. The molecule has 0 aromatic heterocycles. The van der Waals surface area contributed by atoms with Crippen LogP contribution in [-0.2, 0) is 0 Å². The quantitative estimate of drug-likeness (QED) is 0.141. The molecule has 1 nitrogen and oxygen atoms in total. The minimum absolute atomic E-state index is 1.08. The Labute approximate surface area is 334 Å². The van der Waals surface area contributed by atoms with Crippen molar-refractivity contribution in [3.63, 3.8) is 0 Å². The molecular formula is C56H39N. The summed E-state index contributed by atoms with van der Waals surface area (Å²) < 4.78 is 0. The van der Waals surface area contributed by atoms with E-state index in [1.807, 2.05) is 0 Å². The van der Waals surface area contributed by atoms with Gasteiger partial charge in [0.25, 0.3) is 0 Å². The molecule has 0 heterocycles. The van der Waals surface area contributed by atoms with Crippen LogP contribution in [0.25, 0.3) is 77.2 Å². The van der Waals surface area contributed by atoms with E-state index in [9.17, 15) is 0 Å². The van der Waals surface area contributed by atoms with Gasteiger partial charge < -0.3 is 4.90 Å². The monoisotopic (exact) mass is 725 g/mol. The standard InChI is InChI=1S/C56H39N/c1-4-19-40(20-5-1)46-26-12-15-31-52(46)56-49(42-23-8-3-9-24-42)32-18-34-55(56)57(54-33-17-16-28-48(54)41-21-6-2-7-22-41)45-37-35-43(36-38-45)53-39-44-25-10-11-27-47(44)50-29-13-14-30-51(50)53/h1-39H. The molecule has 0 atom stereocenters. The van der Waals surface area contributed by atoms with E-state index < -0.39 is 0 Å². The second-order valence-corrected chi connectivity index (χ2v) is 14.4. The van der Waals surface area contributed by atoms with Crippen molar-refractivity contribution in [3.05, 3.63) is 237 Å². The Morgan fingerprint density at radius 1 is 0.246 bits per heavy atom. The Morgan fingerprint density at radius 2 is 0.702 bits per heavy atom. The molecule has 0 saturated heterocycles. The number of rotatable bonds is 8. The van der Waals surface area contributed by atoms with Crippen LogP contribution in [0.1, 0.15) is 0 Å². The van der Waals surface area contributed by atoms with Gasteiger partial charge in [0.15, 0.2) is 0 Å². The Kier molecular flexibility index (Phi) is 8.95. The topological polar surface area (TPSA) is 3.24 Å². The molecule has 0 spiro atoms. The highest BCUT2D eigenvalue weighted by Gasteiger charge is 2.24. The zero-order valence-corrected chi connectivity index (χ0v) is 31.5. The lowest BCUT2D eigenvalue weighted by atomic mass is 9.87. The fourth-order valence-corrected chi connectivity index (χ4v) is 8.46. The molecule has 0 saturated carbocycles. The normalized spacial score (nSPS) is 11.2. The van der Waals surface area contributed by atoms with E-state index in [1.54, 1.807) is 0 Å². The molecule has 10 rings (SSSR count). The van der Waals surface area contributed by atoms with E-state index in [0.29, 0.717) is 0 Å². The number of hydrogen-bond acceptors (Lipinski definition) is 1. The predicted molar refractivity (Wildman–Crippen MR) is 243 cm³/mol. The highest BCUT2D eigenvalue weighted by Crippen LogP contribution is 2.50. The minimum Gasteiger partial charge on any atom is -0.309 e. The van der Waals surface area contributed by atoms with Gasteiger partial charge in [-0.25, -0.2) is 0 Å². The number of nitrogens with zero attached hydrogens (tertiary/aromatic N) is 1. The lowest BCUT2D eigenvalue weighted by Crippen LogP contribution is -2.13. The largest absolute Gasteiger partial charge is 0.309 e. The van der Waals surface area contributed by atoms with Crippen molar-refractivity contribution in [3.8, 4) is 55.6 Å². The van der Waals surface area contributed by atoms with Crippen molar-refractivity contribution >= 4 is 38.6 Å². The molecule has 10 aromatic rings. The fourth-order valence-electron chi connectivity index (χ4n) is 8.46. The zero-order valence-electron chi connectivity index (χ0n) is 31.5. The number of hydrogen-bond donors (Lipinski definition) is 0. The Balaban J connectivity index is 1.24. The molecule has 0 bridgehead atoms. The first-order chi connectivity index (χ1) is 28.3. The molecule has 0 unspecified atom stereocenters. The number of para-hydroxylation sites is 1. The molecule has 0 aliphatic rings. The van der Waals surface area contributed by atoms with E-state index >= 15 is 0 Å². The van der Waals surface area contributed by atoms with Crippen molar-refractivity contribution in [1.82, 2.24) is 0 Å². The first-order valence-corrected chi connectivity index (χ1v) is 19.6. The molecule has 0 fully saturated rings. The molecule has 1 heteroatoms. The van der Waals surface area contributed by atoms with Crippen LogP contribution in [0, 0.1) is 0 Å². The maximum absolute atomic E-state index is 2.47. The van der Waals surface area contributed by atoms with Gasteiger partial charge in [-0.3, -0.25) is 0 Å². The predicted octanol–water partition coefficient (Wildman–Crippen LogP) is 15.8. The average molecular weight is 726 g/mol. The van der Waals surface area contributed by atoms with Crippen molar-refractivity contribution in [1.29, 1.82) is 0 Å². The lowest BCUT2D eigenvalue weighted by Gasteiger charge is -2.31. The van der Waals surface area contributed by atoms with Crippen LogP contribution in [0.4, 0.5) is 17.1 Å². The van der Waals surface area contributed by atoms with Crippen molar-refractivity contribution < 1.29 is 0 Å². The molecule has 0 radical (unpaired) electrons. The van der Waals surface area contributed by atoms with Gasteiger partial charge in [-0.1, -0.05) is 206 Å². The van der Waals surface area contributed by atoms with Gasteiger partial charge in [0.2, 0.25) is 0 Å². The van der Waals surface area contributed by atoms with E-state index in [-0.39, 0.29) is 0 Å². The smallest absolute Gasteiger partial charge is 0.0546 e. The molecule has 0 aliphatic heterocycles. The Morgan fingerprint density at radius 3 is 1.39 bits per heavy atom. The maximum atomic E-state index is 2.47. The zero-order chi connectivity index (χ0) is 38.0. The summed E-state index contributed by atoms with van der Waals surface area (Å²) in [5.74, 6) is 0. The summed E-state index contributed by atoms with van der Waals surface area (Å²) in [6.07, 6.45) is 0. The summed E-state index contributed by atoms with van der Waals surface area (Å²) in [5, 5.41) is 5.05. The first-order valence-electron chi connectivity index (χ1n) is 19.6. The number of fused-ring (bicyclic) bond motifs is 3. The lowest BCUT2D eigenvalue weighted by molar-refractivity contribution is 1.28. The third kappa shape index (κ3) is 6.36. The summed E-state index contributed by atoms with van der Waals surface area (Å²) in [7, 11) is 0. The van der Waals surface area contributed by atoms with E-state index in [4.69, 9.17) is 0 Å². The van der Waals surface area contributed by atoms with Crippen LogP contribution in [0.5, 0.6) is 0 Å². The van der Waals surface area contributed by atoms with Gasteiger partial charge in [-0.15, -0.1) is 0 Å². The van der Waals surface area contributed by atoms with Crippen molar-refractivity contribution in [2.45, 2.75) is 0 Å². The van der Waals surface area contributed by atoms with E-state index in [1.165, 1.54) is 71.6 Å². The highest BCUT2D eigenvalue weighted by molar-refractivity contribution is 6.14. The molecule has 10 aromatic carbocycles. The maximum Gasteiger partial charge on any atom is 0.0546 e. The van der Waals surface area contributed by atoms with Gasteiger partial charge in [-0.2, -0.15) is 0 Å². The summed E-state index contributed by atoms with van der Waals surface area (Å²) in [4.78, 5) is 2.47. The van der Waals surface area contributed by atoms with Crippen LogP contribution in [0.3, 0.4) is 0 Å².